The summed E-state index contributed by atoms with van der Waals surface area (Å²) in [6.07, 6.45) is 5.70. The number of carbonyl (C=O) groups excluding carboxylic acids is 3. The molecule has 0 spiro atoms. The summed E-state index contributed by atoms with van der Waals surface area (Å²) in [5.41, 5.74) is -0.436. The van der Waals surface area contributed by atoms with Gasteiger partial charge in [0.05, 0.1) is 37.7 Å². The van der Waals surface area contributed by atoms with Crippen molar-refractivity contribution in [2.75, 3.05) is 25.7 Å². The maximum atomic E-state index is 14.5. The van der Waals surface area contributed by atoms with E-state index in [9.17, 15) is 18.8 Å². The summed E-state index contributed by atoms with van der Waals surface area (Å²) >= 11 is 0. The number of nitrogens with zero attached hydrogens (tertiary/aromatic N) is 1. The van der Waals surface area contributed by atoms with E-state index in [1.165, 1.54) is 36.6 Å². The SMILES string of the molecule is CCOC(=O)c1ccc(F)c(N2C=CC=CC(C(=O)OC)=C2C(=O)OC)c1. The third-order valence-electron chi connectivity index (χ3n) is 3.61. The minimum atomic E-state index is -0.882. The van der Waals surface area contributed by atoms with Gasteiger partial charge in [0.1, 0.15) is 11.5 Å². The highest BCUT2D eigenvalue weighted by molar-refractivity contribution is 6.05. The molecular weight excluding hydrogens is 357 g/mol. The molecule has 1 aliphatic heterocycles. The number of rotatable bonds is 5. The second kappa shape index (κ2) is 8.79. The summed E-state index contributed by atoms with van der Waals surface area (Å²) in [7, 11) is 2.29. The van der Waals surface area contributed by atoms with Crippen molar-refractivity contribution in [2.24, 2.45) is 0 Å². The quantitative estimate of drug-likeness (QED) is 0.578. The minimum absolute atomic E-state index is 0.0858. The molecule has 0 aromatic heterocycles. The fourth-order valence-electron chi connectivity index (χ4n) is 2.39. The van der Waals surface area contributed by atoms with Crippen LogP contribution in [-0.2, 0) is 23.8 Å². The molecule has 0 bridgehead atoms. The van der Waals surface area contributed by atoms with Crippen molar-refractivity contribution in [2.45, 2.75) is 6.92 Å². The Morgan fingerprint density at radius 3 is 2.37 bits per heavy atom. The topological polar surface area (TPSA) is 82.1 Å². The largest absolute Gasteiger partial charge is 0.465 e. The first-order valence-electron chi connectivity index (χ1n) is 7.96. The summed E-state index contributed by atoms with van der Waals surface area (Å²) in [5, 5.41) is 0. The monoisotopic (exact) mass is 375 g/mol. The zero-order chi connectivity index (χ0) is 20.0. The molecule has 142 valence electrons. The van der Waals surface area contributed by atoms with Crippen molar-refractivity contribution in [1.29, 1.82) is 0 Å². The minimum Gasteiger partial charge on any atom is -0.465 e. The van der Waals surface area contributed by atoms with Crippen LogP contribution in [0, 0.1) is 5.82 Å². The van der Waals surface area contributed by atoms with E-state index < -0.39 is 23.7 Å². The normalized spacial score (nSPS) is 13.3. The van der Waals surface area contributed by atoms with Crippen molar-refractivity contribution in [3.05, 3.63) is 65.3 Å². The van der Waals surface area contributed by atoms with E-state index >= 15 is 0 Å². The van der Waals surface area contributed by atoms with Crippen LogP contribution in [0.2, 0.25) is 0 Å². The van der Waals surface area contributed by atoms with Gasteiger partial charge in [0, 0.05) is 6.20 Å². The number of hydrogen-bond acceptors (Lipinski definition) is 7. The molecule has 2 rings (SSSR count). The number of methoxy groups -OCH3 is 2. The van der Waals surface area contributed by atoms with Gasteiger partial charge in [-0.25, -0.2) is 18.8 Å². The zero-order valence-corrected chi connectivity index (χ0v) is 15.0. The molecule has 0 atom stereocenters. The number of carbonyl (C=O) groups is 3. The summed E-state index contributed by atoms with van der Waals surface area (Å²) in [6, 6.07) is 3.56. The van der Waals surface area contributed by atoms with Crippen LogP contribution in [0.5, 0.6) is 0 Å². The van der Waals surface area contributed by atoms with E-state index in [-0.39, 0.29) is 29.1 Å². The fraction of sp³-hybridized carbons (Fsp3) is 0.211. The molecule has 1 aromatic rings. The molecule has 0 unspecified atom stereocenters. The van der Waals surface area contributed by atoms with E-state index in [1.807, 2.05) is 0 Å². The Bertz CT molecular complexity index is 856. The summed E-state index contributed by atoms with van der Waals surface area (Å²) < 4.78 is 28.9. The van der Waals surface area contributed by atoms with Gasteiger partial charge in [0.25, 0.3) is 0 Å². The molecule has 1 aromatic carbocycles. The number of hydrogen-bond donors (Lipinski definition) is 0. The van der Waals surface area contributed by atoms with Gasteiger partial charge in [0.15, 0.2) is 0 Å². The highest BCUT2D eigenvalue weighted by Crippen LogP contribution is 2.29. The van der Waals surface area contributed by atoms with Crippen LogP contribution in [0.15, 0.2) is 53.9 Å². The van der Waals surface area contributed by atoms with Crippen LogP contribution < -0.4 is 4.90 Å². The lowest BCUT2D eigenvalue weighted by atomic mass is 10.1. The standard InChI is InChI=1S/C19H18FNO6/c1-4-27-17(22)12-8-9-14(20)15(11-12)21-10-6-5-7-13(18(23)25-2)16(21)19(24)26-3/h5-11H,4H2,1-3H3. The van der Waals surface area contributed by atoms with E-state index in [0.717, 1.165) is 25.2 Å². The molecule has 1 aliphatic rings. The Morgan fingerprint density at radius 2 is 1.74 bits per heavy atom. The van der Waals surface area contributed by atoms with Gasteiger partial charge in [-0.3, -0.25) is 0 Å². The van der Waals surface area contributed by atoms with Crippen LogP contribution in [0.3, 0.4) is 0 Å². The van der Waals surface area contributed by atoms with Gasteiger partial charge in [-0.1, -0.05) is 6.08 Å². The lowest BCUT2D eigenvalue weighted by Gasteiger charge is -2.23. The third kappa shape index (κ3) is 4.22. The Hall–Kier alpha value is -3.42. The molecule has 0 aliphatic carbocycles. The molecular formula is C19H18FNO6. The predicted molar refractivity (Wildman–Crippen MR) is 94.2 cm³/mol. The van der Waals surface area contributed by atoms with E-state index in [0.29, 0.717) is 0 Å². The lowest BCUT2D eigenvalue weighted by Crippen LogP contribution is -2.27. The molecule has 0 amide bonds. The van der Waals surface area contributed by atoms with Crippen molar-refractivity contribution < 1.29 is 33.0 Å². The molecule has 0 saturated heterocycles. The van der Waals surface area contributed by atoms with E-state index in [1.54, 1.807) is 6.92 Å². The first kappa shape index (κ1) is 19.9. The summed E-state index contributed by atoms with van der Waals surface area (Å²) in [4.78, 5) is 37.6. The van der Waals surface area contributed by atoms with Crippen LogP contribution in [0.1, 0.15) is 17.3 Å². The smallest absolute Gasteiger partial charge is 0.355 e. The van der Waals surface area contributed by atoms with Crippen LogP contribution >= 0.6 is 0 Å². The average molecular weight is 375 g/mol. The maximum absolute atomic E-state index is 14.5. The Balaban J connectivity index is 2.67. The van der Waals surface area contributed by atoms with E-state index in [2.05, 4.69) is 0 Å². The third-order valence-corrected chi connectivity index (χ3v) is 3.61. The highest BCUT2D eigenvalue weighted by Gasteiger charge is 2.29. The van der Waals surface area contributed by atoms with Gasteiger partial charge in [-0.15, -0.1) is 0 Å². The van der Waals surface area contributed by atoms with Gasteiger partial charge < -0.3 is 19.1 Å². The molecule has 0 radical (unpaired) electrons. The van der Waals surface area contributed by atoms with Crippen LogP contribution in [-0.4, -0.2) is 38.7 Å². The van der Waals surface area contributed by atoms with Crippen molar-refractivity contribution in [1.82, 2.24) is 0 Å². The maximum Gasteiger partial charge on any atom is 0.355 e. The number of esters is 3. The van der Waals surface area contributed by atoms with Crippen molar-refractivity contribution in [3.63, 3.8) is 0 Å². The Morgan fingerprint density at radius 1 is 1.04 bits per heavy atom. The summed E-state index contributed by atoms with van der Waals surface area (Å²) in [6.45, 7) is 1.80. The van der Waals surface area contributed by atoms with Gasteiger partial charge >= 0.3 is 17.9 Å². The first-order valence-corrected chi connectivity index (χ1v) is 7.96. The number of anilines is 1. The van der Waals surface area contributed by atoms with Gasteiger partial charge in [-0.2, -0.15) is 0 Å². The number of benzene rings is 1. The Kier molecular flexibility index (Phi) is 6.48. The van der Waals surface area contributed by atoms with Gasteiger partial charge in [0.2, 0.25) is 0 Å². The van der Waals surface area contributed by atoms with Gasteiger partial charge in [-0.05, 0) is 37.3 Å². The first-order chi connectivity index (χ1) is 12.9. The highest BCUT2D eigenvalue weighted by atomic mass is 19.1. The molecule has 7 nitrogen and oxygen atoms in total. The molecule has 0 N–H and O–H groups in total. The second-order valence-electron chi connectivity index (χ2n) is 5.20. The molecule has 0 fully saturated rings. The second-order valence-corrected chi connectivity index (χ2v) is 5.20. The molecule has 1 heterocycles. The average Bonchev–Trinajstić information content (AvgIpc) is 2.90. The molecule has 8 heteroatoms. The number of allylic oxidation sites excluding steroid dienone is 2. The van der Waals surface area contributed by atoms with E-state index in [4.69, 9.17) is 14.2 Å². The number of halogens is 1. The number of ether oxygens (including phenoxy) is 3. The molecule has 0 saturated carbocycles. The lowest BCUT2D eigenvalue weighted by molar-refractivity contribution is -0.139. The Labute approximate surface area is 155 Å². The fourth-order valence-corrected chi connectivity index (χ4v) is 2.39. The summed E-state index contributed by atoms with van der Waals surface area (Å²) in [5.74, 6) is -3.05. The van der Waals surface area contributed by atoms with Crippen molar-refractivity contribution in [3.8, 4) is 0 Å². The zero-order valence-electron chi connectivity index (χ0n) is 15.0. The molecule has 27 heavy (non-hydrogen) atoms. The van der Waals surface area contributed by atoms with Crippen molar-refractivity contribution >= 4 is 23.6 Å². The predicted octanol–water partition coefficient (Wildman–Crippen LogP) is 2.49. The van der Waals surface area contributed by atoms with Crippen LogP contribution in [0.4, 0.5) is 10.1 Å². The van der Waals surface area contributed by atoms with Crippen LogP contribution in [0.25, 0.3) is 0 Å².